The summed E-state index contributed by atoms with van der Waals surface area (Å²) in [7, 11) is -3.70. The maximum absolute atomic E-state index is 11.9. The third-order valence-electron chi connectivity index (χ3n) is 3.42. The van der Waals surface area contributed by atoms with Crippen molar-refractivity contribution in [3.63, 3.8) is 0 Å². The van der Waals surface area contributed by atoms with Gasteiger partial charge in [0.15, 0.2) is 0 Å². The second-order valence-electron chi connectivity index (χ2n) is 5.29. The van der Waals surface area contributed by atoms with E-state index >= 15 is 0 Å². The molecule has 2 unspecified atom stereocenters. The SMILES string of the molecule is Cc1ccc(S(=O)(=O)OCCOC2CCOC(C)C2)cc1. The third-order valence-corrected chi connectivity index (χ3v) is 4.75. The molecule has 1 aromatic rings. The minimum atomic E-state index is -3.70. The Morgan fingerprint density at radius 1 is 1.24 bits per heavy atom. The number of benzene rings is 1. The lowest BCUT2D eigenvalue weighted by atomic mass is 10.1. The summed E-state index contributed by atoms with van der Waals surface area (Å²) in [6, 6.07) is 6.59. The van der Waals surface area contributed by atoms with Gasteiger partial charge in [-0.3, -0.25) is 4.18 Å². The largest absolute Gasteiger partial charge is 0.378 e. The molecule has 118 valence electrons. The minimum absolute atomic E-state index is 0.0297. The van der Waals surface area contributed by atoms with Gasteiger partial charge in [-0.2, -0.15) is 8.42 Å². The Balaban J connectivity index is 1.76. The summed E-state index contributed by atoms with van der Waals surface area (Å²) in [5.74, 6) is 0. The van der Waals surface area contributed by atoms with Crippen LogP contribution in [0.2, 0.25) is 0 Å². The number of rotatable bonds is 6. The average molecular weight is 314 g/mol. The Kier molecular flexibility index (Phi) is 5.75. The van der Waals surface area contributed by atoms with Crippen LogP contribution in [0.25, 0.3) is 0 Å². The van der Waals surface area contributed by atoms with Crippen molar-refractivity contribution in [2.24, 2.45) is 0 Å². The van der Waals surface area contributed by atoms with Crippen LogP contribution in [0.5, 0.6) is 0 Å². The fourth-order valence-corrected chi connectivity index (χ4v) is 3.13. The lowest BCUT2D eigenvalue weighted by Gasteiger charge is -2.27. The van der Waals surface area contributed by atoms with Crippen molar-refractivity contribution in [1.82, 2.24) is 0 Å². The van der Waals surface area contributed by atoms with E-state index in [2.05, 4.69) is 0 Å². The molecule has 0 spiro atoms. The van der Waals surface area contributed by atoms with Crippen LogP contribution in [0.1, 0.15) is 25.3 Å². The quantitative estimate of drug-likeness (QED) is 0.595. The van der Waals surface area contributed by atoms with Gasteiger partial charge in [0.25, 0.3) is 10.1 Å². The molecule has 0 amide bonds. The van der Waals surface area contributed by atoms with E-state index in [1.54, 1.807) is 24.3 Å². The molecular formula is C15H22O5S. The highest BCUT2D eigenvalue weighted by Crippen LogP contribution is 2.17. The first-order valence-corrected chi connectivity index (χ1v) is 8.57. The van der Waals surface area contributed by atoms with Crippen molar-refractivity contribution >= 4 is 10.1 Å². The van der Waals surface area contributed by atoms with Gasteiger partial charge >= 0.3 is 0 Å². The minimum Gasteiger partial charge on any atom is -0.378 e. The van der Waals surface area contributed by atoms with Crippen LogP contribution in [-0.4, -0.2) is 40.4 Å². The van der Waals surface area contributed by atoms with E-state index in [4.69, 9.17) is 13.7 Å². The van der Waals surface area contributed by atoms with E-state index in [9.17, 15) is 8.42 Å². The van der Waals surface area contributed by atoms with Gasteiger partial charge in [-0.25, -0.2) is 0 Å². The topological polar surface area (TPSA) is 61.8 Å². The molecule has 6 heteroatoms. The Morgan fingerprint density at radius 2 is 1.95 bits per heavy atom. The van der Waals surface area contributed by atoms with Crippen molar-refractivity contribution in [2.45, 2.75) is 43.8 Å². The highest BCUT2D eigenvalue weighted by molar-refractivity contribution is 7.86. The van der Waals surface area contributed by atoms with Gasteiger partial charge in [0.1, 0.15) is 0 Å². The summed E-state index contributed by atoms with van der Waals surface area (Å²) >= 11 is 0. The number of aryl methyl sites for hydroxylation is 1. The zero-order valence-corrected chi connectivity index (χ0v) is 13.3. The molecule has 2 atom stereocenters. The van der Waals surface area contributed by atoms with E-state index in [0.29, 0.717) is 6.61 Å². The van der Waals surface area contributed by atoms with E-state index in [0.717, 1.165) is 18.4 Å². The monoisotopic (exact) mass is 314 g/mol. The Labute approximate surface area is 126 Å². The molecule has 2 rings (SSSR count). The van der Waals surface area contributed by atoms with Crippen molar-refractivity contribution in [2.75, 3.05) is 19.8 Å². The molecule has 21 heavy (non-hydrogen) atoms. The zero-order chi connectivity index (χ0) is 15.3. The van der Waals surface area contributed by atoms with Crippen molar-refractivity contribution in [3.05, 3.63) is 29.8 Å². The molecule has 0 N–H and O–H groups in total. The van der Waals surface area contributed by atoms with E-state index in [-0.39, 0.29) is 30.3 Å². The van der Waals surface area contributed by atoms with E-state index in [1.165, 1.54) is 0 Å². The molecule has 0 radical (unpaired) electrons. The molecule has 1 aliphatic heterocycles. The van der Waals surface area contributed by atoms with Gasteiger partial charge in [-0.05, 0) is 38.8 Å². The lowest BCUT2D eigenvalue weighted by Crippen LogP contribution is -2.30. The summed E-state index contributed by atoms with van der Waals surface area (Å²) in [6.07, 6.45) is 2.00. The molecule has 5 nitrogen and oxygen atoms in total. The summed E-state index contributed by atoms with van der Waals surface area (Å²) in [5.41, 5.74) is 1.01. The standard InChI is InChI=1S/C15H22O5S/c1-12-3-5-15(6-4-12)21(16,17)20-10-9-19-14-7-8-18-13(2)11-14/h3-6,13-14H,7-11H2,1-2H3. The highest BCUT2D eigenvalue weighted by atomic mass is 32.2. The molecule has 1 fully saturated rings. The Bertz CT molecular complexity index is 538. The smallest absolute Gasteiger partial charge is 0.297 e. The molecule has 0 bridgehead atoms. The van der Waals surface area contributed by atoms with Crippen LogP contribution in [0.4, 0.5) is 0 Å². The predicted molar refractivity (Wildman–Crippen MR) is 78.7 cm³/mol. The molecule has 1 aliphatic rings. The van der Waals surface area contributed by atoms with E-state index < -0.39 is 10.1 Å². The van der Waals surface area contributed by atoms with E-state index in [1.807, 2.05) is 13.8 Å². The van der Waals surface area contributed by atoms with Gasteiger partial charge in [0, 0.05) is 6.61 Å². The first kappa shape index (κ1) is 16.4. The molecular weight excluding hydrogens is 292 g/mol. The average Bonchev–Trinajstić information content (AvgIpc) is 2.44. The van der Waals surface area contributed by atoms with Crippen molar-refractivity contribution in [1.29, 1.82) is 0 Å². The van der Waals surface area contributed by atoms with Crippen molar-refractivity contribution in [3.8, 4) is 0 Å². The van der Waals surface area contributed by atoms with Crippen LogP contribution in [0.3, 0.4) is 0 Å². The van der Waals surface area contributed by atoms with Gasteiger partial charge in [0.05, 0.1) is 30.3 Å². The fourth-order valence-electron chi connectivity index (χ4n) is 2.24. The maximum atomic E-state index is 11.9. The molecule has 0 saturated carbocycles. The molecule has 0 aromatic heterocycles. The maximum Gasteiger partial charge on any atom is 0.297 e. The third kappa shape index (κ3) is 5.07. The number of hydrogen-bond acceptors (Lipinski definition) is 5. The first-order valence-electron chi connectivity index (χ1n) is 7.17. The van der Waals surface area contributed by atoms with Crippen LogP contribution in [-0.2, 0) is 23.8 Å². The van der Waals surface area contributed by atoms with Gasteiger partial charge in [-0.15, -0.1) is 0 Å². The molecule has 1 saturated heterocycles. The van der Waals surface area contributed by atoms with Gasteiger partial charge in [0.2, 0.25) is 0 Å². The number of hydrogen-bond donors (Lipinski definition) is 0. The number of ether oxygens (including phenoxy) is 2. The summed E-state index contributed by atoms with van der Waals surface area (Å²) in [4.78, 5) is 0.174. The highest BCUT2D eigenvalue weighted by Gasteiger charge is 2.20. The molecule has 0 aliphatic carbocycles. The second-order valence-corrected chi connectivity index (χ2v) is 6.90. The lowest BCUT2D eigenvalue weighted by molar-refractivity contribution is -0.0698. The van der Waals surface area contributed by atoms with Crippen LogP contribution < -0.4 is 0 Å². The predicted octanol–water partition coefficient (Wildman–Crippen LogP) is 2.28. The summed E-state index contributed by atoms with van der Waals surface area (Å²) in [5, 5.41) is 0. The van der Waals surface area contributed by atoms with Gasteiger partial charge < -0.3 is 9.47 Å². The van der Waals surface area contributed by atoms with Gasteiger partial charge in [-0.1, -0.05) is 17.7 Å². The van der Waals surface area contributed by atoms with Crippen LogP contribution in [0.15, 0.2) is 29.2 Å². The van der Waals surface area contributed by atoms with Crippen LogP contribution in [0, 0.1) is 6.92 Å². The molecule has 1 aromatic carbocycles. The summed E-state index contributed by atoms with van der Waals surface area (Å²) in [6.45, 7) is 4.90. The second kappa shape index (κ2) is 7.35. The zero-order valence-electron chi connectivity index (χ0n) is 12.4. The Morgan fingerprint density at radius 3 is 2.62 bits per heavy atom. The van der Waals surface area contributed by atoms with Crippen LogP contribution >= 0.6 is 0 Å². The normalized spacial score (nSPS) is 23.1. The van der Waals surface area contributed by atoms with Crippen molar-refractivity contribution < 1.29 is 22.1 Å². The molecule has 1 heterocycles. The fraction of sp³-hybridized carbons (Fsp3) is 0.600. The Hall–Kier alpha value is -0.950. The summed E-state index contributed by atoms with van der Waals surface area (Å²) < 4.78 is 40.0. The first-order chi connectivity index (χ1) is 9.97.